The Bertz CT molecular complexity index is 521. The number of nitrogens with zero attached hydrogens (tertiary/aromatic N) is 1. The first-order valence-corrected chi connectivity index (χ1v) is 6.58. The molecule has 100 valence electrons. The van der Waals surface area contributed by atoms with E-state index in [4.69, 9.17) is 4.42 Å². The fourth-order valence-electron chi connectivity index (χ4n) is 2.62. The normalized spacial score (nSPS) is 18.4. The summed E-state index contributed by atoms with van der Waals surface area (Å²) >= 11 is 0. The highest BCUT2D eigenvalue weighted by Gasteiger charge is 2.26. The van der Waals surface area contributed by atoms with Gasteiger partial charge in [-0.1, -0.05) is 12.1 Å². The summed E-state index contributed by atoms with van der Waals surface area (Å²) in [6.45, 7) is 3.77. The van der Waals surface area contributed by atoms with Crippen LogP contribution < -0.4 is 5.32 Å². The molecule has 0 aliphatic carbocycles. The molecule has 3 nitrogen and oxygen atoms in total. The van der Waals surface area contributed by atoms with Gasteiger partial charge in [0.1, 0.15) is 11.6 Å². The Labute approximate surface area is 112 Å². The van der Waals surface area contributed by atoms with E-state index < -0.39 is 0 Å². The van der Waals surface area contributed by atoms with Crippen LogP contribution in [0.5, 0.6) is 0 Å². The molecule has 4 heteroatoms. The Kier molecular flexibility index (Phi) is 3.62. The average molecular weight is 260 g/mol. The second-order valence-electron chi connectivity index (χ2n) is 4.76. The fourth-order valence-corrected chi connectivity index (χ4v) is 2.62. The molecule has 1 unspecified atom stereocenters. The van der Waals surface area contributed by atoms with Crippen LogP contribution in [0, 0.1) is 5.82 Å². The topological polar surface area (TPSA) is 28.4 Å². The first-order chi connectivity index (χ1) is 9.34. The van der Waals surface area contributed by atoms with Gasteiger partial charge in [-0.3, -0.25) is 4.90 Å². The van der Waals surface area contributed by atoms with Crippen molar-refractivity contribution in [1.29, 1.82) is 0 Å². The predicted octanol–water partition coefficient (Wildman–Crippen LogP) is 2.41. The lowest BCUT2D eigenvalue weighted by Crippen LogP contribution is -2.45. The summed E-state index contributed by atoms with van der Waals surface area (Å²) in [6.07, 6.45) is 1.67. The summed E-state index contributed by atoms with van der Waals surface area (Å²) in [5.41, 5.74) is 0.942. The van der Waals surface area contributed by atoms with Gasteiger partial charge in [0.15, 0.2) is 0 Å². The van der Waals surface area contributed by atoms with Crippen molar-refractivity contribution in [3.63, 3.8) is 0 Å². The largest absolute Gasteiger partial charge is 0.467 e. The van der Waals surface area contributed by atoms with Gasteiger partial charge in [0, 0.05) is 26.2 Å². The fraction of sp³-hybridized carbons (Fsp3) is 0.333. The van der Waals surface area contributed by atoms with E-state index in [1.54, 1.807) is 18.4 Å². The van der Waals surface area contributed by atoms with Crippen LogP contribution in [-0.4, -0.2) is 31.1 Å². The lowest BCUT2D eigenvalue weighted by atomic mass is 10.0. The molecule has 1 N–H and O–H groups in total. The maximum absolute atomic E-state index is 13.5. The molecular formula is C15H17FN2O. The predicted molar refractivity (Wildman–Crippen MR) is 71.4 cm³/mol. The number of piperazine rings is 1. The van der Waals surface area contributed by atoms with Gasteiger partial charge in [0.25, 0.3) is 0 Å². The monoisotopic (exact) mass is 260 g/mol. The smallest absolute Gasteiger partial charge is 0.125 e. The molecule has 0 radical (unpaired) electrons. The van der Waals surface area contributed by atoms with Crippen molar-refractivity contribution in [2.75, 3.05) is 26.2 Å². The first kappa shape index (κ1) is 12.4. The van der Waals surface area contributed by atoms with Crippen LogP contribution in [0.25, 0.3) is 0 Å². The van der Waals surface area contributed by atoms with Gasteiger partial charge in [-0.15, -0.1) is 0 Å². The van der Waals surface area contributed by atoms with Crippen LogP contribution in [0.1, 0.15) is 17.4 Å². The van der Waals surface area contributed by atoms with Gasteiger partial charge in [0.05, 0.1) is 12.3 Å². The zero-order chi connectivity index (χ0) is 13.1. The highest BCUT2D eigenvalue weighted by Crippen LogP contribution is 2.29. The summed E-state index contributed by atoms with van der Waals surface area (Å²) < 4.78 is 19.0. The van der Waals surface area contributed by atoms with Crippen molar-refractivity contribution >= 4 is 0 Å². The van der Waals surface area contributed by atoms with Gasteiger partial charge < -0.3 is 9.73 Å². The third-order valence-corrected chi connectivity index (χ3v) is 3.49. The second-order valence-corrected chi connectivity index (χ2v) is 4.76. The van der Waals surface area contributed by atoms with Crippen molar-refractivity contribution in [1.82, 2.24) is 10.2 Å². The Morgan fingerprint density at radius 2 is 2.00 bits per heavy atom. The van der Waals surface area contributed by atoms with E-state index >= 15 is 0 Å². The molecule has 1 atom stereocenters. The molecule has 1 aliphatic rings. The van der Waals surface area contributed by atoms with Crippen molar-refractivity contribution in [2.45, 2.75) is 6.04 Å². The maximum Gasteiger partial charge on any atom is 0.125 e. The molecular weight excluding hydrogens is 243 g/mol. The van der Waals surface area contributed by atoms with Gasteiger partial charge in [-0.2, -0.15) is 0 Å². The quantitative estimate of drug-likeness (QED) is 0.918. The van der Waals surface area contributed by atoms with Crippen molar-refractivity contribution in [3.8, 4) is 0 Å². The van der Waals surface area contributed by atoms with E-state index in [0.29, 0.717) is 0 Å². The molecule has 1 fully saturated rings. The standard InChI is InChI=1S/C15H17FN2O/c16-13-4-1-3-12(11-13)15(14-5-2-10-19-14)18-8-6-17-7-9-18/h1-5,10-11,15,17H,6-9H2. The number of hydrogen-bond acceptors (Lipinski definition) is 3. The number of halogens is 1. The lowest BCUT2D eigenvalue weighted by Gasteiger charge is -2.34. The summed E-state index contributed by atoms with van der Waals surface area (Å²) in [7, 11) is 0. The number of furan rings is 1. The molecule has 19 heavy (non-hydrogen) atoms. The number of hydrogen-bond donors (Lipinski definition) is 1. The molecule has 1 aromatic carbocycles. The van der Waals surface area contributed by atoms with E-state index in [0.717, 1.165) is 37.5 Å². The molecule has 3 rings (SSSR count). The van der Waals surface area contributed by atoms with E-state index in [1.807, 2.05) is 18.2 Å². The van der Waals surface area contributed by atoms with Crippen LogP contribution in [0.4, 0.5) is 4.39 Å². The van der Waals surface area contributed by atoms with Gasteiger partial charge in [-0.05, 0) is 29.8 Å². The molecule has 1 aromatic heterocycles. The van der Waals surface area contributed by atoms with Gasteiger partial charge in [0.2, 0.25) is 0 Å². The zero-order valence-corrected chi connectivity index (χ0v) is 10.7. The van der Waals surface area contributed by atoms with Crippen LogP contribution in [0.3, 0.4) is 0 Å². The van der Waals surface area contributed by atoms with E-state index in [1.165, 1.54) is 6.07 Å². The third-order valence-electron chi connectivity index (χ3n) is 3.49. The molecule has 1 aliphatic heterocycles. The molecule has 2 aromatic rings. The minimum absolute atomic E-state index is 0.00667. The maximum atomic E-state index is 13.5. The molecule has 2 heterocycles. The number of rotatable bonds is 3. The number of nitrogens with one attached hydrogen (secondary N) is 1. The van der Waals surface area contributed by atoms with E-state index in [2.05, 4.69) is 10.2 Å². The summed E-state index contributed by atoms with van der Waals surface area (Å²) in [5.74, 6) is 0.664. The summed E-state index contributed by atoms with van der Waals surface area (Å²) in [6, 6.07) is 10.6. The Morgan fingerprint density at radius 1 is 1.16 bits per heavy atom. The third kappa shape index (κ3) is 2.69. The SMILES string of the molecule is Fc1cccc(C(c2ccco2)N2CCNCC2)c1. The van der Waals surface area contributed by atoms with E-state index in [-0.39, 0.29) is 11.9 Å². The van der Waals surface area contributed by atoms with E-state index in [9.17, 15) is 4.39 Å². The van der Waals surface area contributed by atoms with Crippen LogP contribution in [0.15, 0.2) is 47.1 Å². The summed E-state index contributed by atoms with van der Waals surface area (Å²) in [5, 5.41) is 3.33. The highest BCUT2D eigenvalue weighted by molar-refractivity contribution is 5.27. The van der Waals surface area contributed by atoms with Crippen LogP contribution in [0.2, 0.25) is 0 Å². The highest BCUT2D eigenvalue weighted by atomic mass is 19.1. The van der Waals surface area contributed by atoms with Crippen molar-refractivity contribution < 1.29 is 8.81 Å². The average Bonchev–Trinajstić information content (AvgIpc) is 2.94. The first-order valence-electron chi connectivity index (χ1n) is 6.58. The second kappa shape index (κ2) is 5.55. The Balaban J connectivity index is 1.96. The minimum atomic E-state index is -0.204. The molecule has 0 amide bonds. The lowest BCUT2D eigenvalue weighted by molar-refractivity contribution is 0.180. The minimum Gasteiger partial charge on any atom is -0.467 e. The summed E-state index contributed by atoms with van der Waals surface area (Å²) in [4.78, 5) is 2.32. The van der Waals surface area contributed by atoms with Crippen LogP contribution >= 0.6 is 0 Å². The Morgan fingerprint density at radius 3 is 2.68 bits per heavy atom. The zero-order valence-electron chi connectivity index (χ0n) is 10.7. The molecule has 0 spiro atoms. The number of benzene rings is 1. The van der Waals surface area contributed by atoms with Crippen molar-refractivity contribution in [2.24, 2.45) is 0 Å². The molecule has 0 saturated carbocycles. The molecule has 1 saturated heterocycles. The van der Waals surface area contributed by atoms with Gasteiger partial charge in [-0.25, -0.2) is 4.39 Å². The Hall–Kier alpha value is -1.65. The van der Waals surface area contributed by atoms with Crippen LogP contribution in [-0.2, 0) is 0 Å². The molecule has 0 bridgehead atoms. The van der Waals surface area contributed by atoms with Crippen molar-refractivity contribution in [3.05, 3.63) is 59.8 Å². The van der Waals surface area contributed by atoms with Gasteiger partial charge >= 0.3 is 0 Å².